The summed E-state index contributed by atoms with van der Waals surface area (Å²) in [5.41, 5.74) is 6.08. The van der Waals surface area contributed by atoms with Crippen LogP contribution in [0.25, 0.3) is 0 Å². The number of carbonyl (C=O) groups excluding carboxylic acids is 1. The summed E-state index contributed by atoms with van der Waals surface area (Å²) in [4.78, 5) is 25.2. The molecular weight excluding hydrogens is 446 g/mol. The molecule has 182 valence electrons. The molecule has 0 spiro atoms. The Balaban J connectivity index is 1.50. The zero-order valence-corrected chi connectivity index (χ0v) is 19.2. The largest absolute Gasteiger partial charge is 0.493 e. The number of fused-ring (bicyclic) bond motifs is 1. The van der Waals surface area contributed by atoms with Crippen LogP contribution >= 0.6 is 0 Å². The van der Waals surface area contributed by atoms with Crippen molar-refractivity contribution in [2.45, 2.75) is 63.2 Å². The number of nitrogens with one attached hydrogen (secondary N) is 1. The van der Waals surface area contributed by atoms with E-state index in [9.17, 15) is 4.79 Å². The van der Waals surface area contributed by atoms with E-state index >= 15 is 8.78 Å². The molecule has 1 aromatic heterocycles. The van der Waals surface area contributed by atoms with Gasteiger partial charge in [0, 0.05) is 36.0 Å². The van der Waals surface area contributed by atoms with Gasteiger partial charge in [0.25, 0.3) is 0 Å². The van der Waals surface area contributed by atoms with E-state index in [2.05, 4.69) is 15.3 Å². The van der Waals surface area contributed by atoms with Crippen LogP contribution in [-0.4, -0.2) is 48.3 Å². The van der Waals surface area contributed by atoms with E-state index in [0.29, 0.717) is 17.3 Å². The van der Waals surface area contributed by atoms with E-state index in [-0.39, 0.29) is 36.2 Å². The molecule has 3 aliphatic rings. The van der Waals surface area contributed by atoms with Crippen molar-refractivity contribution >= 4 is 23.5 Å². The summed E-state index contributed by atoms with van der Waals surface area (Å²) in [5.74, 6) is -1.46. The highest BCUT2D eigenvalue weighted by Gasteiger charge is 2.44. The maximum atomic E-state index is 15.2. The topological polar surface area (TPSA) is 106 Å². The molecule has 2 heterocycles. The molecule has 3 N–H and O–H groups in total. The molecule has 2 aromatic rings. The van der Waals surface area contributed by atoms with Gasteiger partial charge in [0.2, 0.25) is 5.95 Å². The van der Waals surface area contributed by atoms with Crippen molar-refractivity contribution in [1.29, 1.82) is 0 Å². The van der Waals surface area contributed by atoms with Crippen LogP contribution in [-0.2, 0) is 6.54 Å². The number of hydrogen-bond donors (Lipinski definition) is 2. The number of rotatable bonds is 6. The van der Waals surface area contributed by atoms with E-state index in [1.54, 1.807) is 6.20 Å². The lowest BCUT2D eigenvalue weighted by atomic mass is 9.92. The summed E-state index contributed by atoms with van der Waals surface area (Å²) in [6, 6.07) is 0.941. The Kier molecular flexibility index (Phi) is 5.88. The fourth-order valence-corrected chi connectivity index (χ4v) is 4.64. The molecular formula is C23H28F2N6O3. The molecule has 2 aliphatic carbocycles. The minimum Gasteiger partial charge on any atom is -0.493 e. The Morgan fingerprint density at radius 2 is 1.71 bits per heavy atom. The number of halogens is 2. The molecule has 5 rings (SSSR count). The second kappa shape index (κ2) is 8.86. The van der Waals surface area contributed by atoms with E-state index in [1.165, 1.54) is 19.1 Å². The Morgan fingerprint density at radius 1 is 1.06 bits per heavy atom. The van der Waals surface area contributed by atoms with Crippen molar-refractivity contribution in [3.05, 3.63) is 29.5 Å². The predicted molar refractivity (Wildman–Crippen MR) is 122 cm³/mol. The number of nitrogens with zero attached hydrogens (tertiary/aromatic N) is 4. The number of carbonyl (C=O) groups is 1. The first-order valence-electron chi connectivity index (χ1n) is 11.5. The lowest BCUT2D eigenvalue weighted by molar-refractivity contribution is 0.249. The summed E-state index contributed by atoms with van der Waals surface area (Å²) in [6.07, 6.45) is 6.92. The van der Waals surface area contributed by atoms with Gasteiger partial charge >= 0.3 is 6.03 Å². The Labute approximate surface area is 196 Å². The molecule has 0 atom stereocenters. The van der Waals surface area contributed by atoms with Crippen LogP contribution in [0.2, 0.25) is 0 Å². The zero-order valence-electron chi connectivity index (χ0n) is 19.2. The number of methoxy groups -OCH3 is 2. The third kappa shape index (κ3) is 3.97. The first kappa shape index (κ1) is 22.6. The van der Waals surface area contributed by atoms with Crippen molar-refractivity contribution in [3.8, 4) is 11.5 Å². The third-order valence-corrected chi connectivity index (χ3v) is 6.67. The van der Waals surface area contributed by atoms with Gasteiger partial charge in [-0.15, -0.1) is 0 Å². The lowest BCUT2D eigenvalue weighted by Crippen LogP contribution is -2.49. The highest BCUT2D eigenvalue weighted by molar-refractivity contribution is 6.06. The molecule has 2 saturated carbocycles. The molecule has 2 fully saturated rings. The number of benzene rings is 1. The van der Waals surface area contributed by atoms with Gasteiger partial charge in [0.05, 0.1) is 20.8 Å². The predicted octanol–water partition coefficient (Wildman–Crippen LogP) is 3.56. The van der Waals surface area contributed by atoms with Gasteiger partial charge in [0.15, 0.2) is 23.1 Å². The molecule has 34 heavy (non-hydrogen) atoms. The second-order valence-corrected chi connectivity index (χ2v) is 9.03. The summed E-state index contributed by atoms with van der Waals surface area (Å²) in [5, 5.41) is 3.36. The first-order valence-corrected chi connectivity index (χ1v) is 11.5. The summed E-state index contributed by atoms with van der Waals surface area (Å²) in [7, 11) is 2.54. The van der Waals surface area contributed by atoms with E-state index in [0.717, 1.165) is 49.5 Å². The Bertz CT molecular complexity index is 1080. The van der Waals surface area contributed by atoms with Gasteiger partial charge in [-0.3, -0.25) is 9.80 Å². The zero-order chi connectivity index (χ0) is 24.0. The number of amides is 2. The first-order chi connectivity index (χ1) is 16.4. The Morgan fingerprint density at radius 3 is 2.29 bits per heavy atom. The normalized spacial score (nSPS) is 22.4. The second-order valence-electron chi connectivity index (χ2n) is 9.03. The van der Waals surface area contributed by atoms with E-state index < -0.39 is 23.4 Å². The minimum absolute atomic E-state index is 0.0805. The number of ether oxygens (including phenoxy) is 2. The van der Waals surface area contributed by atoms with Crippen LogP contribution in [0.5, 0.6) is 11.5 Å². The standard InChI is InChI=1S/C23H28F2N6O3/c1-33-16-9-17(34-2)19(25)20(18(16)24)30-11-12-10-27-22(28-14-5-3-13(26)4-6-14)29-21(12)31(23(30)32)15-7-8-15/h9-10,13-15H,3-8,11,26H2,1-2H3,(H,27,28,29). The van der Waals surface area contributed by atoms with Gasteiger partial charge < -0.3 is 20.5 Å². The van der Waals surface area contributed by atoms with E-state index in [1.807, 2.05) is 0 Å². The van der Waals surface area contributed by atoms with Crippen LogP contribution in [0.1, 0.15) is 44.1 Å². The van der Waals surface area contributed by atoms with Crippen LogP contribution in [0, 0.1) is 11.6 Å². The molecule has 0 saturated heterocycles. The van der Waals surface area contributed by atoms with E-state index in [4.69, 9.17) is 15.2 Å². The fraction of sp³-hybridized carbons (Fsp3) is 0.522. The monoisotopic (exact) mass is 474 g/mol. The molecule has 2 amide bonds. The van der Waals surface area contributed by atoms with Gasteiger partial charge in [-0.05, 0) is 38.5 Å². The lowest BCUT2D eigenvalue weighted by Gasteiger charge is -2.37. The van der Waals surface area contributed by atoms with Crippen molar-refractivity contribution in [1.82, 2.24) is 9.97 Å². The van der Waals surface area contributed by atoms with Crippen molar-refractivity contribution < 1.29 is 23.0 Å². The van der Waals surface area contributed by atoms with Crippen LogP contribution < -0.4 is 30.3 Å². The summed E-state index contributed by atoms with van der Waals surface area (Å²) < 4.78 is 40.5. The molecule has 0 bridgehead atoms. The molecule has 11 heteroatoms. The highest BCUT2D eigenvalue weighted by atomic mass is 19.1. The van der Waals surface area contributed by atoms with Crippen LogP contribution in [0.4, 0.5) is 31.0 Å². The SMILES string of the molecule is COc1cc(OC)c(F)c(N2Cc3cnc(NC4CCC(N)CC4)nc3N(C3CC3)C2=O)c1F. The van der Waals surface area contributed by atoms with Crippen molar-refractivity contribution in [2.24, 2.45) is 5.73 Å². The summed E-state index contributed by atoms with van der Waals surface area (Å²) in [6.45, 7) is -0.0832. The van der Waals surface area contributed by atoms with Crippen LogP contribution in [0.3, 0.4) is 0 Å². The molecule has 0 unspecified atom stereocenters. The molecule has 0 radical (unpaired) electrons. The molecule has 9 nitrogen and oxygen atoms in total. The molecule has 1 aliphatic heterocycles. The number of aromatic nitrogens is 2. The smallest absolute Gasteiger partial charge is 0.330 e. The Hall–Kier alpha value is -3.21. The molecule has 1 aromatic carbocycles. The van der Waals surface area contributed by atoms with Gasteiger partial charge in [-0.2, -0.15) is 4.98 Å². The number of anilines is 3. The summed E-state index contributed by atoms with van der Waals surface area (Å²) >= 11 is 0. The van der Waals surface area contributed by atoms with Gasteiger partial charge in [0.1, 0.15) is 11.5 Å². The maximum Gasteiger partial charge on any atom is 0.330 e. The van der Waals surface area contributed by atoms with Crippen molar-refractivity contribution in [2.75, 3.05) is 29.3 Å². The number of urea groups is 1. The average Bonchev–Trinajstić information content (AvgIpc) is 3.66. The number of hydrogen-bond acceptors (Lipinski definition) is 7. The van der Waals surface area contributed by atoms with Crippen LogP contribution in [0.15, 0.2) is 12.3 Å². The van der Waals surface area contributed by atoms with Gasteiger partial charge in [-0.25, -0.2) is 18.6 Å². The third-order valence-electron chi connectivity index (χ3n) is 6.67. The average molecular weight is 475 g/mol. The fourth-order valence-electron chi connectivity index (χ4n) is 4.64. The number of nitrogens with two attached hydrogens (primary N) is 1. The van der Waals surface area contributed by atoms with Gasteiger partial charge in [-0.1, -0.05) is 0 Å². The maximum absolute atomic E-state index is 15.2. The highest BCUT2D eigenvalue weighted by Crippen LogP contribution is 2.43. The minimum atomic E-state index is -0.969. The van der Waals surface area contributed by atoms with Crippen molar-refractivity contribution in [3.63, 3.8) is 0 Å². The quantitative estimate of drug-likeness (QED) is 0.659.